The van der Waals surface area contributed by atoms with Gasteiger partial charge in [-0.2, -0.15) is 0 Å². The lowest BCUT2D eigenvalue weighted by atomic mass is 9.64. The Hall–Kier alpha value is -0.353. The minimum Gasteiger partial charge on any atom is -0.434 e. The van der Waals surface area contributed by atoms with Crippen molar-refractivity contribution < 1.29 is 14.0 Å². The lowest BCUT2D eigenvalue weighted by Crippen LogP contribution is -2.53. The molecule has 0 aromatic rings. The highest BCUT2D eigenvalue weighted by molar-refractivity contribution is 5.98. The van der Waals surface area contributed by atoms with Crippen molar-refractivity contribution in [3.05, 3.63) is 0 Å². The summed E-state index contributed by atoms with van der Waals surface area (Å²) in [6.45, 7) is 13.7. The summed E-state index contributed by atoms with van der Waals surface area (Å²) < 4.78 is 10.9. The first-order valence-electron chi connectivity index (χ1n) is 5.22. The van der Waals surface area contributed by atoms with Gasteiger partial charge >= 0.3 is 5.97 Å². The summed E-state index contributed by atoms with van der Waals surface area (Å²) in [6.07, 6.45) is 0. The molecule has 15 heavy (non-hydrogen) atoms. The third kappa shape index (κ3) is 2.81. The smallest absolute Gasteiger partial charge is 0.305 e. The first-order chi connectivity index (χ1) is 6.48. The summed E-state index contributed by atoms with van der Waals surface area (Å²) in [5.74, 6) is -1.14. The molecule has 0 spiro atoms. The number of carbonyl (C=O) groups is 1. The molecule has 0 fully saturated rings. The summed E-state index contributed by atoms with van der Waals surface area (Å²) in [5, 5.41) is 0. The summed E-state index contributed by atoms with van der Waals surface area (Å²) in [5.41, 5.74) is -0.269. The molecular weight excluding hydrogens is 208 g/mol. The van der Waals surface area contributed by atoms with Gasteiger partial charge in [0.05, 0.1) is 0 Å². The Morgan fingerprint density at radius 2 is 1.47 bits per heavy atom. The summed E-state index contributed by atoms with van der Waals surface area (Å²) in [7, 11) is 0.540. The molecule has 0 saturated heterocycles. The zero-order chi connectivity index (χ0) is 12.5. The topological polar surface area (TPSA) is 35.5 Å². The number of hydrogen-bond donors (Lipinski definition) is 0. The fourth-order valence-corrected chi connectivity index (χ4v) is 1.97. The van der Waals surface area contributed by atoms with Crippen LogP contribution in [0.2, 0.25) is 0 Å². The Bertz CT molecular complexity index is 243. The van der Waals surface area contributed by atoms with Gasteiger partial charge in [0.15, 0.2) is 10.5 Å². The average molecular weight is 232 g/mol. The molecule has 0 amide bonds. The lowest BCUT2D eigenvalue weighted by molar-refractivity contribution is -0.248. The number of rotatable bonds is 3. The molecule has 0 bridgehead atoms. The molecule has 0 rings (SSSR count). The molecular formula is C11H24O3Si. The van der Waals surface area contributed by atoms with Gasteiger partial charge in [0.2, 0.25) is 5.79 Å². The third-order valence-corrected chi connectivity index (χ3v) is 4.52. The molecule has 0 saturated carbocycles. The zero-order valence-electron chi connectivity index (χ0n) is 11.2. The van der Waals surface area contributed by atoms with Crippen LogP contribution in [0.1, 0.15) is 48.5 Å². The molecule has 90 valence electrons. The van der Waals surface area contributed by atoms with Gasteiger partial charge in [-0.05, 0) is 5.41 Å². The van der Waals surface area contributed by atoms with Crippen molar-refractivity contribution in [2.75, 3.05) is 0 Å². The van der Waals surface area contributed by atoms with Crippen LogP contribution >= 0.6 is 0 Å². The summed E-state index contributed by atoms with van der Waals surface area (Å²) in [6, 6.07) is 0. The first-order valence-corrected chi connectivity index (χ1v) is 6.04. The van der Waals surface area contributed by atoms with Crippen LogP contribution in [0.25, 0.3) is 0 Å². The number of esters is 1. The third-order valence-electron chi connectivity index (χ3n) is 3.74. The first kappa shape index (κ1) is 14.6. The van der Waals surface area contributed by atoms with Gasteiger partial charge in [0.1, 0.15) is 0 Å². The lowest BCUT2D eigenvalue weighted by Gasteiger charge is -2.50. The number of ether oxygens (including phenoxy) is 1. The molecule has 0 aromatic heterocycles. The SMILES string of the molecule is CC(=O)O[C@](C)(O[SiH3])C(C)(C)C(C)(C)C. The molecule has 0 aliphatic rings. The zero-order valence-corrected chi connectivity index (χ0v) is 13.2. The Morgan fingerprint density at radius 1 is 1.07 bits per heavy atom. The molecule has 0 N–H and O–H groups in total. The van der Waals surface area contributed by atoms with Gasteiger partial charge in [-0.3, -0.25) is 4.79 Å². The van der Waals surface area contributed by atoms with E-state index < -0.39 is 5.79 Å². The molecule has 4 heteroatoms. The molecule has 0 aliphatic heterocycles. The molecule has 1 atom stereocenters. The number of hydrogen-bond acceptors (Lipinski definition) is 3. The van der Waals surface area contributed by atoms with Crippen LogP contribution in [0.5, 0.6) is 0 Å². The van der Waals surface area contributed by atoms with Gasteiger partial charge in [-0.25, -0.2) is 0 Å². The van der Waals surface area contributed by atoms with Gasteiger partial charge in [-0.1, -0.05) is 34.6 Å². The quantitative estimate of drug-likeness (QED) is 0.421. The van der Waals surface area contributed by atoms with Gasteiger partial charge in [0, 0.05) is 19.3 Å². The van der Waals surface area contributed by atoms with Crippen LogP contribution in [0.15, 0.2) is 0 Å². The van der Waals surface area contributed by atoms with Crippen LogP contribution < -0.4 is 0 Å². The van der Waals surface area contributed by atoms with E-state index in [4.69, 9.17) is 9.16 Å². The van der Waals surface area contributed by atoms with Crippen LogP contribution in [0.4, 0.5) is 0 Å². The fraction of sp³-hybridized carbons (Fsp3) is 0.909. The normalized spacial score (nSPS) is 17.3. The standard InChI is InChI=1S/C11H24O3Si/c1-8(12)13-11(7,14-15)10(5,6)9(2,3)4/h1-7,15H3/t11-/m1/s1. The van der Waals surface area contributed by atoms with Crippen molar-refractivity contribution in [1.29, 1.82) is 0 Å². The minimum atomic E-state index is -0.844. The highest BCUT2D eigenvalue weighted by atomic mass is 28.2. The Labute approximate surface area is 96.1 Å². The number of carbonyl (C=O) groups excluding carboxylic acids is 1. The van der Waals surface area contributed by atoms with Crippen molar-refractivity contribution in [2.45, 2.75) is 54.3 Å². The molecule has 0 unspecified atom stereocenters. The second-order valence-electron chi connectivity index (χ2n) is 5.62. The predicted molar refractivity (Wildman–Crippen MR) is 64.4 cm³/mol. The van der Waals surface area contributed by atoms with Crippen molar-refractivity contribution in [1.82, 2.24) is 0 Å². The monoisotopic (exact) mass is 232 g/mol. The van der Waals surface area contributed by atoms with Crippen LogP contribution in [0.3, 0.4) is 0 Å². The van der Waals surface area contributed by atoms with Gasteiger partial charge in [0.25, 0.3) is 0 Å². The minimum absolute atomic E-state index is 0.0123. The van der Waals surface area contributed by atoms with E-state index in [0.29, 0.717) is 10.5 Å². The largest absolute Gasteiger partial charge is 0.434 e. The van der Waals surface area contributed by atoms with Crippen molar-refractivity contribution >= 4 is 16.5 Å². The summed E-state index contributed by atoms with van der Waals surface area (Å²) in [4.78, 5) is 11.1. The van der Waals surface area contributed by atoms with E-state index in [1.165, 1.54) is 6.92 Å². The highest BCUT2D eigenvalue weighted by Crippen LogP contribution is 2.48. The van der Waals surface area contributed by atoms with E-state index in [2.05, 4.69) is 34.6 Å². The van der Waals surface area contributed by atoms with E-state index in [-0.39, 0.29) is 16.8 Å². The Morgan fingerprint density at radius 3 is 1.67 bits per heavy atom. The fourth-order valence-electron chi connectivity index (χ4n) is 1.38. The Kier molecular flexibility index (Phi) is 4.16. The molecule has 0 aromatic carbocycles. The van der Waals surface area contributed by atoms with Gasteiger partial charge < -0.3 is 9.16 Å². The van der Waals surface area contributed by atoms with E-state index in [9.17, 15) is 4.79 Å². The molecule has 0 aliphatic carbocycles. The van der Waals surface area contributed by atoms with E-state index in [1.54, 1.807) is 0 Å². The van der Waals surface area contributed by atoms with E-state index in [0.717, 1.165) is 0 Å². The predicted octanol–water partition coefficient (Wildman–Crippen LogP) is 1.64. The second kappa shape index (κ2) is 4.26. The molecule has 0 heterocycles. The van der Waals surface area contributed by atoms with Gasteiger partial charge in [-0.15, -0.1) is 0 Å². The maximum Gasteiger partial charge on any atom is 0.305 e. The second-order valence-corrected chi connectivity index (χ2v) is 6.03. The van der Waals surface area contributed by atoms with Crippen LogP contribution in [-0.4, -0.2) is 22.2 Å². The van der Waals surface area contributed by atoms with E-state index >= 15 is 0 Å². The van der Waals surface area contributed by atoms with Crippen LogP contribution in [-0.2, 0) is 14.0 Å². The highest BCUT2D eigenvalue weighted by Gasteiger charge is 2.51. The van der Waals surface area contributed by atoms with Crippen LogP contribution in [0, 0.1) is 10.8 Å². The van der Waals surface area contributed by atoms with Crippen molar-refractivity contribution in [3.8, 4) is 0 Å². The Balaban J connectivity index is 5.18. The molecule has 0 radical (unpaired) electrons. The molecule has 3 nitrogen and oxygen atoms in total. The maximum atomic E-state index is 11.1. The van der Waals surface area contributed by atoms with Crippen molar-refractivity contribution in [2.24, 2.45) is 10.8 Å². The maximum absolute atomic E-state index is 11.1. The average Bonchev–Trinajstić information content (AvgIpc) is 2.00. The van der Waals surface area contributed by atoms with Crippen molar-refractivity contribution in [3.63, 3.8) is 0 Å². The summed E-state index contributed by atoms with van der Waals surface area (Å²) >= 11 is 0. The van der Waals surface area contributed by atoms with E-state index in [1.807, 2.05) is 6.92 Å².